The van der Waals surface area contributed by atoms with Gasteiger partial charge in [-0.2, -0.15) is 0 Å². The number of rotatable bonds is 5. The van der Waals surface area contributed by atoms with Crippen LogP contribution in [0, 0.1) is 0 Å². The Kier molecular flexibility index (Phi) is 6.50. The van der Waals surface area contributed by atoms with Crippen molar-refractivity contribution in [2.45, 2.75) is 0 Å². The lowest BCUT2D eigenvalue weighted by molar-refractivity contribution is 1.10. The third-order valence-electron chi connectivity index (χ3n) is 9.20. The minimum atomic E-state index is 0.925. The Morgan fingerprint density at radius 2 is 0.766 bits per heavy atom. The van der Waals surface area contributed by atoms with Gasteiger partial charge in [0.2, 0.25) is 0 Å². The maximum atomic E-state index is 5.27. The zero-order valence-electron chi connectivity index (χ0n) is 25.7. The van der Waals surface area contributed by atoms with Crippen LogP contribution in [-0.2, 0) is 0 Å². The summed E-state index contributed by atoms with van der Waals surface area (Å²) < 4.78 is 2.29. The number of benzene rings is 8. The van der Waals surface area contributed by atoms with Crippen molar-refractivity contribution in [3.63, 3.8) is 0 Å². The van der Waals surface area contributed by atoms with Crippen LogP contribution in [0.3, 0.4) is 0 Å². The van der Waals surface area contributed by atoms with Gasteiger partial charge in [-0.05, 0) is 91.3 Å². The third kappa shape index (κ3) is 4.97. The molecule has 220 valence electrons. The second-order valence-corrected chi connectivity index (χ2v) is 12.1. The lowest BCUT2D eigenvalue weighted by Crippen LogP contribution is -1.97. The van der Waals surface area contributed by atoms with E-state index in [1.54, 1.807) is 0 Å². The average molecular weight is 599 g/mol. The van der Waals surface area contributed by atoms with E-state index in [1.807, 2.05) is 0 Å². The third-order valence-corrected chi connectivity index (χ3v) is 9.20. The van der Waals surface area contributed by atoms with Crippen molar-refractivity contribution < 1.29 is 0 Å². The van der Waals surface area contributed by atoms with Crippen LogP contribution in [-0.4, -0.2) is 9.55 Å². The minimum absolute atomic E-state index is 0.925. The molecule has 2 heteroatoms. The molecule has 1 heterocycles. The fraction of sp³-hybridized carbons (Fsp3) is 0. The largest absolute Gasteiger partial charge is 0.292 e. The van der Waals surface area contributed by atoms with E-state index in [4.69, 9.17) is 4.98 Å². The van der Waals surface area contributed by atoms with Crippen LogP contribution < -0.4 is 0 Å². The van der Waals surface area contributed by atoms with Gasteiger partial charge in [-0.25, -0.2) is 4.98 Å². The van der Waals surface area contributed by atoms with E-state index < -0.39 is 0 Å². The van der Waals surface area contributed by atoms with Gasteiger partial charge in [-0.1, -0.05) is 146 Å². The molecule has 0 radical (unpaired) electrons. The highest BCUT2D eigenvalue weighted by Gasteiger charge is 2.16. The first-order valence-electron chi connectivity index (χ1n) is 16.0. The fourth-order valence-electron chi connectivity index (χ4n) is 6.70. The van der Waals surface area contributed by atoms with E-state index in [-0.39, 0.29) is 0 Å². The van der Waals surface area contributed by atoms with Crippen molar-refractivity contribution in [2.24, 2.45) is 0 Å². The first-order chi connectivity index (χ1) is 23.3. The Bertz CT molecular complexity index is 2540. The molecule has 0 unspecified atom stereocenters. The number of hydrogen-bond donors (Lipinski definition) is 0. The molecule has 0 N–H and O–H groups in total. The second-order valence-electron chi connectivity index (χ2n) is 12.1. The molecule has 47 heavy (non-hydrogen) atoms. The van der Waals surface area contributed by atoms with E-state index >= 15 is 0 Å². The van der Waals surface area contributed by atoms with Gasteiger partial charge in [0.15, 0.2) is 0 Å². The molecule has 0 fully saturated rings. The summed E-state index contributed by atoms with van der Waals surface area (Å²) in [5.41, 5.74) is 11.4. The van der Waals surface area contributed by atoms with Crippen LogP contribution in [0.25, 0.3) is 83.0 Å². The summed E-state index contributed by atoms with van der Waals surface area (Å²) in [4.78, 5) is 5.27. The number of aromatic nitrogens is 2. The Labute approximate surface area is 273 Å². The molecule has 0 aliphatic heterocycles. The first-order valence-corrected chi connectivity index (χ1v) is 16.0. The molecule has 0 bridgehead atoms. The molecule has 0 aliphatic rings. The smallest absolute Gasteiger partial charge is 0.145 e. The maximum absolute atomic E-state index is 5.27. The summed E-state index contributed by atoms with van der Waals surface area (Å²) in [7, 11) is 0. The Morgan fingerprint density at radius 1 is 0.319 bits per heavy atom. The summed E-state index contributed by atoms with van der Waals surface area (Å²) in [5.74, 6) is 0.925. The van der Waals surface area contributed by atoms with Gasteiger partial charge in [0, 0.05) is 11.3 Å². The summed E-state index contributed by atoms with van der Waals surface area (Å²) >= 11 is 0. The molecule has 0 saturated heterocycles. The Morgan fingerprint density at radius 3 is 1.38 bits per heavy atom. The monoisotopic (exact) mass is 598 g/mol. The zero-order valence-corrected chi connectivity index (χ0v) is 25.7. The Balaban J connectivity index is 1.14. The lowest BCUT2D eigenvalue weighted by atomic mass is 10.00. The predicted molar refractivity (Wildman–Crippen MR) is 198 cm³/mol. The topological polar surface area (TPSA) is 17.8 Å². The van der Waals surface area contributed by atoms with Crippen LogP contribution in [0.5, 0.6) is 0 Å². The normalized spacial score (nSPS) is 11.4. The van der Waals surface area contributed by atoms with Crippen LogP contribution >= 0.6 is 0 Å². The van der Waals surface area contributed by atoms with Gasteiger partial charge in [-0.15, -0.1) is 0 Å². The molecule has 1 aromatic heterocycles. The predicted octanol–water partition coefficient (Wildman–Crippen LogP) is 12.0. The van der Waals surface area contributed by atoms with Crippen molar-refractivity contribution in [3.05, 3.63) is 182 Å². The molecule has 2 nitrogen and oxygen atoms in total. The second kappa shape index (κ2) is 11.3. The maximum Gasteiger partial charge on any atom is 0.145 e. The van der Waals surface area contributed by atoms with E-state index in [9.17, 15) is 0 Å². The van der Waals surface area contributed by atoms with Gasteiger partial charge < -0.3 is 0 Å². The molecule has 0 aliphatic carbocycles. The van der Waals surface area contributed by atoms with Gasteiger partial charge in [0.1, 0.15) is 5.82 Å². The number of hydrogen-bond acceptors (Lipinski definition) is 1. The van der Waals surface area contributed by atoms with Crippen LogP contribution in [0.15, 0.2) is 182 Å². The number of fused-ring (bicyclic) bond motifs is 3. The summed E-state index contributed by atoms with van der Waals surface area (Å²) in [6.07, 6.45) is 0. The highest BCUT2D eigenvalue weighted by atomic mass is 15.1. The van der Waals surface area contributed by atoms with Gasteiger partial charge >= 0.3 is 0 Å². The van der Waals surface area contributed by atoms with Gasteiger partial charge in [-0.3, -0.25) is 4.57 Å². The van der Waals surface area contributed by atoms with E-state index in [0.29, 0.717) is 0 Å². The van der Waals surface area contributed by atoms with Crippen molar-refractivity contribution in [1.82, 2.24) is 9.55 Å². The molecule has 0 atom stereocenters. The Hall–Kier alpha value is -6.25. The molecule has 0 spiro atoms. The van der Waals surface area contributed by atoms with Crippen molar-refractivity contribution in [1.29, 1.82) is 0 Å². The summed E-state index contributed by atoms with van der Waals surface area (Å²) in [6, 6.07) is 65.2. The van der Waals surface area contributed by atoms with Gasteiger partial charge in [0.05, 0.1) is 11.0 Å². The summed E-state index contributed by atoms with van der Waals surface area (Å²) in [6.45, 7) is 0. The van der Waals surface area contributed by atoms with Crippen molar-refractivity contribution >= 4 is 32.6 Å². The number of nitrogens with zero attached hydrogens (tertiary/aromatic N) is 2. The SMILES string of the molecule is c1ccc(-c2ccc3c(c2)nc(-c2ccc(-c4ccc5ccccc5c4)cc2)n3-c2ccc(-c3ccc4ccccc4c3)cc2)cc1. The molecular weight excluding hydrogens is 569 g/mol. The highest BCUT2D eigenvalue weighted by Crippen LogP contribution is 2.34. The van der Waals surface area contributed by atoms with Crippen molar-refractivity contribution in [2.75, 3.05) is 0 Å². The molecule has 0 saturated carbocycles. The first kappa shape index (κ1) is 27.1. The quantitative estimate of drug-likeness (QED) is 0.193. The van der Waals surface area contributed by atoms with Crippen LogP contribution in [0.1, 0.15) is 0 Å². The van der Waals surface area contributed by atoms with E-state index in [1.165, 1.54) is 49.4 Å². The molecule has 0 amide bonds. The van der Waals surface area contributed by atoms with E-state index in [2.05, 4.69) is 187 Å². The van der Waals surface area contributed by atoms with Gasteiger partial charge in [0.25, 0.3) is 0 Å². The molecule has 9 aromatic rings. The van der Waals surface area contributed by atoms with Crippen LogP contribution in [0.4, 0.5) is 0 Å². The molecular formula is C45H30N2. The molecule has 9 rings (SSSR count). The van der Waals surface area contributed by atoms with Crippen molar-refractivity contribution in [3.8, 4) is 50.5 Å². The van der Waals surface area contributed by atoms with E-state index in [0.717, 1.165) is 33.7 Å². The zero-order chi connectivity index (χ0) is 31.2. The fourth-order valence-corrected chi connectivity index (χ4v) is 6.70. The summed E-state index contributed by atoms with van der Waals surface area (Å²) in [5, 5.41) is 5.00. The number of imidazole rings is 1. The molecule has 8 aromatic carbocycles. The standard InChI is InChI=1S/C45H30N2/c1-2-8-31(9-3-1)41-24-27-44-43(30-41)46-45(36-18-14-34(15-19-36)39-20-16-32-10-4-6-12-37(32)28-39)47(44)42-25-22-35(23-26-42)40-21-17-33-11-5-7-13-38(33)29-40/h1-30H. The lowest BCUT2D eigenvalue weighted by Gasteiger charge is -2.12. The highest BCUT2D eigenvalue weighted by molar-refractivity contribution is 5.90. The minimum Gasteiger partial charge on any atom is -0.292 e. The average Bonchev–Trinajstić information content (AvgIpc) is 3.54. The van der Waals surface area contributed by atoms with Crippen LogP contribution in [0.2, 0.25) is 0 Å².